The number of benzene rings is 2. The molecule has 0 saturated heterocycles. The van der Waals surface area contributed by atoms with Crippen LogP contribution >= 0.6 is 24.0 Å². The van der Waals surface area contributed by atoms with Gasteiger partial charge < -0.3 is 0 Å². The fraction of sp³-hybridized carbons (Fsp3) is 0.133. The molecule has 0 radical (unpaired) electrons. The number of hydrogen-bond donors (Lipinski definition) is 2. The van der Waals surface area contributed by atoms with Gasteiger partial charge in [-0.05, 0) is 24.6 Å². The summed E-state index contributed by atoms with van der Waals surface area (Å²) in [5.41, 5.74) is 8.41. The second kappa shape index (κ2) is 7.16. The van der Waals surface area contributed by atoms with Gasteiger partial charge in [0, 0.05) is 5.25 Å². The lowest BCUT2D eigenvalue weighted by Gasteiger charge is -2.14. The average Bonchev–Trinajstić information content (AvgIpc) is 2.47. The maximum absolute atomic E-state index is 5.32. The van der Waals surface area contributed by atoms with E-state index in [-0.39, 0.29) is 0 Å². The van der Waals surface area contributed by atoms with Crippen LogP contribution in [0, 0.1) is 0 Å². The van der Waals surface area contributed by atoms with Gasteiger partial charge in [-0.25, -0.2) is 0 Å². The topological polar surface area (TPSA) is 24.1 Å². The van der Waals surface area contributed by atoms with E-state index in [1.807, 2.05) is 48.5 Å². The second-order valence-corrected chi connectivity index (χ2v) is 6.09. The van der Waals surface area contributed by atoms with Crippen molar-refractivity contribution in [3.8, 4) is 0 Å². The first-order valence-corrected chi connectivity index (χ1v) is 7.37. The Morgan fingerprint density at radius 1 is 1.00 bits per heavy atom. The highest BCUT2D eigenvalue weighted by atomic mass is 32.2. The molecule has 2 aromatic carbocycles. The lowest BCUT2D eigenvalue weighted by molar-refractivity contribution is 1.10. The quantitative estimate of drug-likeness (QED) is 0.644. The Hall–Kier alpha value is -1.52. The number of thioether (sulfide) groups is 1. The highest BCUT2D eigenvalue weighted by Gasteiger charge is 2.08. The normalized spacial score (nSPS) is 11.6. The summed E-state index contributed by atoms with van der Waals surface area (Å²) in [7, 11) is 0. The van der Waals surface area contributed by atoms with E-state index in [4.69, 9.17) is 12.2 Å². The van der Waals surface area contributed by atoms with E-state index in [9.17, 15) is 0 Å². The third-order valence-corrected chi connectivity index (χ3v) is 3.97. The first kappa shape index (κ1) is 13.9. The first-order valence-electron chi connectivity index (χ1n) is 6.08. The summed E-state index contributed by atoms with van der Waals surface area (Å²) < 4.78 is 0.736. The Bertz CT molecular complexity index is 514. The minimum Gasteiger partial charge on any atom is -0.300 e. The molecular formula is C15H16N2S2. The maximum atomic E-state index is 5.32. The van der Waals surface area contributed by atoms with Crippen molar-refractivity contribution in [3.05, 3.63) is 66.2 Å². The van der Waals surface area contributed by atoms with Crippen LogP contribution in [0.2, 0.25) is 0 Å². The molecule has 4 heteroatoms. The predicted molar refractivity (Wildman–Crippen MR) is 88.2 cm³/mol. The van der Waals surface area contributed by atoms with Gasteiger partial charge in [0.1, 0.15) is 0 Å². The van der Waals surface area contributed by atoms with Crippen molar-refractivity contribution in [1.29, 1.82) is 0 Å². The molecule has 0 aliphatic rings. The number of rotatable bonds is 4. The van der Waals surface area contributed by atoms with Gasteiger partial charge >= 0.3 is 0 Å². The van der Waals surface area contributed by atoms with Crippen molar-refractivity contribution in [2.45, 2.75) is 12.2 Å². The zero-order chi connectivity index (χ0) is 13.5. The van der Waals surface area contributed by atoms with Gasteiger partial charge in [-0.1, -0.05) is 72.5 Å². The minimum absolute atomic E-state index is 0.332. The number of para-hydroxylation sites is 1. The summed E-state index contributed by atoms with van der Waals surface area (Å²) in [6.45, 7) is 2.15. The van der Waals surface area contributed by atoms with Crippen LogP contribution in [-0.4, -0.2) is 4.32 Å². The van der Waals surface area contributed by atoms with Gasteiger partial charge in [-0.3, -0.25) is 10.9 Å². The van der Waals surface area contributed by atoms with E-state index in [2.05, 4.69) is 29.9 Å². The molecule has 0 heterocycles. The zero-order valence-corrected chi connectivity index (χ0v) is 12.3. The number of hydrogen-bond acceptors (Lipinski definition) is 3. The van der Waals surface area contributed by atoms with E-state index in [1.54, 1.807) is 11.8 Å². The molecule has 2 rings (SSSR count). The molecule has 0 fully saturated rings. The van der Waals surface area contributed by atoms with Crippen molar-refractivity contribution in [2.24, 2.45) is 0 Å². The van der Waals surface area contributed by atoms with Gasteiger partial charge in [-0.15, -0.1) is 0 Å². The Morgan fingerprint density at radius 2 is 1.58 bits per heavy atom. The lowest BCUT2D eigenvalue weighted by Crippen LogP contribution is -2.25. The summed E-state index contributed by atoms with van der Waals surface area (Å²) in [6.07, 6.45) is 0. The highest BCUT2D eigenvalue weighted by molar-refractivity contribution is 8.23. The van der Waals surface area contributed by atoms with Crippen molar-refractivity contribution < 1.29 is 0 Å². The van der Waals surface area contributed by atoms with E-state index < -0.39 is 0 Å². The molecule has 98 valence electrons. The van der Waals surface area contributed by atoms with Gasteiger partial charge in [0.2, 0.25) is 0 Å². The van der Waals surface area contributed by atoms with E-state index >= 15 is 0 Å². The lowest BCUT2D eigenvalue weighted by atomic mass is 10.2. The average molecular weight is 288 g/mol. The van der Waals surface area contributed by atoms with Crippen LogP contribution in [-0.2, 0) is 0 Å². The van der Waals surface area contributed by atoms with E-state index in [0.29, 0.717) is 5.25 Å². The molecule has 0 bridgehead atoms. The number of anilines is 1. The molecule has 1 unspecified atom stereocenters. The molecule has 2 aromatic rings. The first-order chi connectivity index (χ1) is 9.25. The summed E-state index contributed by atoms with van der Waals surface area (Å²) in [6, 6.07) is 20.3. The van der Waals surface area contributed by atoms with Crippen LogP contribution in [0.3, 0.4) is 0 Å². The van der Waals surface area contributed by atoms with Crippen LogP contribution in [0.15, 0.2) is 60.7 Å². The molecule has 0 aromatic heterocycles. The van der Waals surface area contributed by atoms with Crippen LogP contribution in [0.1, 0.15) is 17.7 Å². The smallest absolute Gasteiger partial charge is 0.152 e. The van der Waals surface area contributed by atoms with Gasteiger partial charge in [-0.2, -0.15) is 0 Å². The number of thiocarbonyl (C=S) groups is 1. The van der Waals surface area contributed by atoms with Gasteiger partial charge in [0.25, 0.3) is 0 Å². The summed E-state index contributed by atoms with van der Waals surface area (Å²) in [4.78, 5) is 0. The van der Waals surface area contributed by atoms with Crippen molar-refractivity contribution in [1.82, 2.24) is 5.43 Å². The highest BCUT2D eigenvalue weighted by Crippen LogP contribution is 2.28. The van der Waals surface area contributed by atoms with E-state index in [0.717, 1.165) is 10.0 Å². The third-order valence-electron chi connectivity index (χ3n) is 2.64. The summed E-state index contributed by atoms with van der Waals surface area (Å²) in [5.74, 6) is 0. The standard InChI is InChI=1S/C15H16N2S2/c1-12(13-8-4-2-5-9-13)19-15(18)17-16-14-10-6-3-7-11-14/h2-12,16H,1H3,(H,17,18). The number of nitrogens with one attached hydrogen (secondary N) is 2. The predicted octanol–water partition coefficient (Wildman–Crippen LogP) is 4.38. The van der Waals surface area contributed by atoms with Crippen LogP contribution in [0.25, 0.3) is 0 Å². The Labute approximate surface area is 123 Å². The molecule has 1 atom stereocenters. The SMILES string of the molecule is CC(SC(=S)NNc1ccccc1)c1ccccc1. The monoisotopic (exact) mass is 288 g/mol. The Balaban J connectivity index is 1.82. The summed E-state index contributed by atoms with van der Waals surface area (Å²) in [5, 5.41) is 0.332. The van der Waals surface area contributed by atoms with E-state index in [1.165, 1.54) is 5.56 Å². The second-order valence-electron chi connectivity index (χ2n) is 4.07. The minimum atomic E-state index is 0.332. The van der Waals surface area contributed by atoms with Crippen LogP contribution in [0.4, 0.5) is 5.69 Å². The van der Waals surface area contributed by atoms with Gasteiger partial charge in [0.15, 0.2) is 4.32 Å². The third kappa shape index (κ3) is 4.58. The molecule has 2 N–H and O–H groups in total. The summed E-state index contributed by atoms with van der Waals surface area (Å²) >= 11 is 6.95. The molecule has 19 heavy (non-hydrogen) atoms. The zero-order valence-electron chi connectivity index (χ0n) is 10.7. The maximum Gasteiger partial charge on any atom is 0.152 e. The Kier molecular flexibility index (Phi) is 5.24. The molecule has 0 aliphatic heterocycles. The molecule has 0 saturated carbocycles. The van der Waals surface area contributed by atoms with Crippen molar-refractivity contribution >= 4 is 34.0 Å². The van der Waals surface area contributed by atoms with Crippen molar-refractivity contribution in [3.63, 3.8) is 0 Å². The Morgan fingerprint density at radius 3 is 2.21 bits per heavy atom. The molecule has 2 nitrogen and oxygen atoms in total. The fourth-order valence-electron chi connectivity index (χ4n) is 1.63. The van der Waals surface area contributed by atoms with Crippen LogP contribution < -0.4 is 10.9 Å². The van der Waals surface area contributed by atoms with Gasteiger partial charge in [0.05, 0.1) is 5.69 Å². The molecular weight excluding hydrogens is 272 g/mol. The fourth-order valence-corrected chi connectivity index (χ4v) is 2.84. The molecule has 0 amide bonds. The molecule has 0 aliphatic carbocycles. The molecule has 0 spiro atoms. The van der Waals surface area contributed by atoms with Crippen LogP contribution in [0.5, 0.6) is 0 Å². The number of hydrazine groups is 1. The largest absolute Gasteiger partial charge is 0.300 e. The van der Waals surface area contributed by atoms with Crippen molar-refractivity contribution in [2.75, 3.05) is 5.43 Å².